The summed E-state index contributed by atoms with van der Waals surface area (Å²) in [7, 11) is 1.65. The van der Waals surface area contributed by atoms with Crippen molar-refractivity contribution < 1.29 is 9.53 Å². The molecule has 5 heteroatoms. The number of benzene rings is 3. The molecule has 3 aromatic carbocycles. The Morgan fingerprint density at radius 2 is 1.78 bits per heavy atom. The van der Waals surface area contributed by atoms with E-state index in [9.17, 15) is 4.79 Å². The van der Waals surface area contributed by atoms with E-state index in [-0.39, 0.29) is 11.8 Å². The highest BCUT2D eigenvalue weighted by atomic mass is 35.5. The molecule has 1 fully saturated rings. The molecular weight excluding hydrogens is 420 g/mol. The fourth-order valence-electron chi connectivity index (χ4n) is 4.45. The van der Waals surface area contributed by atoms with Crippen LogP contribution in [-0.2, 0) is 11.3 Å². The fourth-order valence-corrected chi connectivity index (χ4v) is 4.63. The lowest BCUT2D eigenvalue weighted by atomic mass is 9.94. The SMILES string of the molecule is COc1ccc(CN2C(=O)[C@@](C)(C3CC3)N=C(c3ccccc3)c3cc(Cl)ccc32)cc1. The highest BCUT2D eigenvalue weighted by Crippen LogP contribution is 2.46. The van der Waals surface area contributed by atoms with Gasteiger partial charge in [0.2, 0.25) is 0 Å². The Morgan fingerprint density at radius 3 is 2.44 bits per heavy atom. The topological polar surface area (TPSA) is 41.9 Å². The van der Waals surface area contributed by atoms with Gasteiger partial charge in [0.1, 0.15) is 11.3 Å². The van der Waals surface area contributed by atoms with E-state index in [1.807, 2.05) is 84.6 Å². The largest absolute Gasteiger partial charge is 0.497 e. The fraction of sp³-hybridized carbons (Fsp3) is 0.259. The Balaban J connectivity index is 1.68. The molecular formula is C27H25ClN2O2. The Labute approximate surface area is 193 Å². The first kappa shape index (κ1) is 20.8. The van der Waals surface area contributed by atoms with Crippen LogP contribution in [0.4, 0.5) is 5.69 Å². The van der Waals surface area contributed by atoms with E-state index in [0.717, 1.165) is 46.7 Å². The van der Waals surface area contributed by atoms with Crippen molar-refractivity contribution in [3.8, 4) is 5.75 Å². The van der Waals surface area contributed by atoms with Gasteiger partial charge in [0.15, 0.2) is 0 Å². The molecule has 32 heavy (non-hydrogen) atoms. The molecule has 2 aliphatic rings. The predicted molar refractivity (Wildman–Crippen MR) is 129 cm³/mol. The number of carbonyl (C=O) groups excluding carboxylic acids is 1. The van der Waals surface area contributed by atoms with E-state index >= 15 is 0 Å². The number of rotatable bonds is 5. The molecule has 1 aliphatic carbocycles. The van der Waals surface area contributed by atoms with Gasteiger partial charge in [-0.3, -0.25) is 9.79 Å². The third kappa shape index (κ3) is 3.69. The van der Waals surface area contributed by atoms with Gasteiger partial charge < -0.3 is 9.64 Å². The minimum atomic E-state index is -0.816. The van der Waals surface area contributed by atoms with Crippen molar-refractivity contribution in [2.45, 2.75) is 31.8 Å². The number of amides is 1. The Morgan fingerprint density at radius 1 is 1.06 bits per heavy atom. The van der Waals surface area contributed by atoms with Gasteiger partial charge in [0.25, 0.3) is 5.91 Å². The summed E-state index contributed by atoms with van der Waals surface area (Å²) in [6.45, 7) is 2.45. The van der Waals surface area contributed by atoms with Crippen molar-refractivity contribution in [1.82, 2.24) is 0 Å². The molecule has 0 aromatic heterocycles. The number of hydrogen-bond acceptors (Lipinski definition) is 3. The number of benzodiazepines with no additional fused rings is 1. The van der Waals surface area contributed by atoms with Crippen LogP contribution in [-0.4, -0.2) is 24.3 Å². The Hall–Kier alpha value is -3.11. The van der Waals surface area contributed by atoms with Crippen molar-refractivity contribution in [3.05, 3.63) is 94.5 Å². The zero-order valence-corrected chi connectivity index (χ0v) is 19.0. The van der Waals surface area contributed by atoms with Gasteiger partial charge in [-0.15, -0.1) is 0 Å². The maximum atomic E-state index is 14.1. The van der Waals surface area contributed by atoms with E-state index in [4.69, 9.17) is 21.3 Å². The highest BCUT2D eigenvalue weighted by Gasteiger charge is 2.51. The lowest BCUT2D eigenvalue weighted by Gasteiger charge is -2.31. The normalized spacial score (nSPS) is 20.4. The second-order valence-electron chi connectivity index (χ2n) is 8.65. The summed E-state index contributed by atoms with van der Waals surface area (Å²) in [6.07, 6.45) is 2.03. The summed E-state index contributed by atoms with van der Waals surface area (Å²) in [5, 5.41) is 0.624. The van der Waals surface area contributed by atoms with Crippen molar-refractivity contribution in [3.63, 3.8) is 0 Å². The van der Waals surface area contributed by atoms with Crippen LogP contribution in [0.5, 0.6) is 5.75 Å². The number of aliphatic imine (C=N–C) groups is 1. The van der Waals surface area contributed by atoms with Gasteiger partial charge in [0.05, 0.1) is 25.1 Å². The zero-order valence-electron chi connectivity index (χ0n) is 18.2. The standard InChI is InChI=1S/C27H25ClN2O2/c1-27(20-10-11-20)26(31)30(17-18-8-13-22(32-2)14-9-18)24-15-12-21(28)16-23(24)25(29-27)19-6-4-3-5-7-19/h3-9,12-16,20H,10-11,17H2,1-2H3/t27-/m1/s1. The molecule has 0 radical (unpaired) electrons. The van der Waals surface area contributed by atoms with Gasteiger partial charge in [0, 0.05) is 16.1 Å². The van der Waals surface area contributed by atoms with Crippen LogP contribution in [0.2, 0.25) is 5.02 Å². The van der Waals surface area contributed by atoms with Gasteiger partial charge in [-0.1, -0.05) is 54.1 Å². The van der Waals surface area contributed by atoms with Crippen molar-refractivity contribution in [2.75, 3.05) is 12.0 Å². The van der Waals surface area contributed by atoms with Crippen molar-refractivity contribution in [1.29, 1.82) is 0 Å². The number of hydrogen-bond donors (Lipinski definition) is 0. The van der Waals surface area contributed by atoms with Crippen LogP contribution in [0.25, 0.3) is 0 Å². The molecule has 1 amide bonds. The quantitative estimate of drug-likeness (QED) is 0.491. The molecule has 1 aliphatic heterocycles. The summed E-state index contributed by atoms with van der Waals surface area (Å²) in [4.78, 5) is 21.1. The molecule has 0 spiro atoms. The van der Waals surface area contributed by atoms with Crippen molar-refractivity contribution in [2.24, 2.45) is 10.9 Å². The van der Waals surface area contributed by atoms with Crippen LogP contribution in [0.1, 0.15) is 36.5 Å². The minimum Gasteiger partial charge on any atom is -0.497 e. The third-order valence-corrected chi connectivity index (χ3v) is 6.68. The highest BCUT2D eigenvalue weighted by molar-refractivity contribution is 6.32. The molecule has 1 heterocycles. The number of fused-ring (bicyclic) bond motifs is 1. The summed E-state index contributed by atoms with van der Waals surface area (Å²) in [5.74, 6) is 1.07. The monoisotopic (exact) mass is 444 g/mol. The molecule has 0 N–H and O–H groups in total. The second-order valence-corrected chi connectivity index (χ2v) is 9.09. The Kier molecular flexibility index (Phi) is 5.26. The predicted octanol–water partition coefficient (Wildman–Crippen LogP) is 5.90. The lowest BCUT2D eigenvalue weighted by molar-refractivity contribution is -0.123. The van der Waals surface area contributed by atoms with Gasteiger partial charge in [-0.05, 0) is 61.6 Å². The number of halogens is 1. The zero-order chi connectivity index (χ0) is 22.3. The molecule has 0 saturated heterocycles. The van der Waals surface area contributed by atoms with Crippen molar-refractivity contribution >= 4 is 28.9 Å². The van der Waals surface area contributed by atoms with Crippen LogP contribution in [0.15, 0.2) is 77.8 Å². The number of nitrogens with zero attached hydrogens (tertiary/aromatic N) is 2. The van der Waals surface area contributed by atoms with Crippen LogP contribution >= 0.6 is 11.6 Å². The number of anilines is 1. The van der Waals surface area contributed by atoms with Crippen LogP contribution in [0, 0.1) is 5.92 Å². The molecule has 1 saturated carbocycles. The third-order valence-electron chi connectivity index (χ3n) is 6.45. The second kappa shape index (κ2) is 8.10. The molecule has 0 unspecified atom stereocenters. The number of methoxy groups -OCH3 is 1. The first-order valence-corrected chi connectivity index (χ1v) is 11.3. The number of carbonyl (C=O) groups is 1. The summed E-state index contributed by atoms with van der Waals surface area (Å²) in [5.41, 5.74) is 3.74. The maximum Gasteiger partial charge on any atom is 0.255 e. The van der Waals surface area contributed by atoms with Crippen LogP contribution < -0.4 is 9.64 Å². The molecule has 1 atom stereocenters. The minimum absolute atomic E-state index is 0.0327. The van der Waals surface area contributed by atoms with Gasteiger partial charge >= 0.3 is 0 Å². The molecule has 3 aromatic rings. The van der Waals surface area contributed by atoms with E-state index < -0.39 is 5.54 Å². The number of ether oxygens (including phenoxy) is 1. The van der Waals surface area contributed by atoms with E-state index in [0.29, 0.717) is 11.6 Å². The summed E-state index contributed by atoms with van der Waals surface area (Å²) in [6, 6.07) is 23.6. The lowest BCUT2D eigenvalue weighted by Crippen LogP contribution is -2.47. The maximum absolute atomic E-state index is 14.1. The summed E-state index contributed by atoms with van der Waals surface area (Å²) < 4.78 is 5.29. The average molecular weight is 445 g/mol. The van der Waals surface area contributed by atoms with E-state index in [1.165, 1.54) is 0 Å². The first-order valence-electron chi connectivity index (χ1n) is 10.9. The molecule has 4 nitrogen and oxygen atoms in total. The molecule has 162 valence electrons. The Bertz CT molecular complexity index is 1190. The molecule has 5 rings (SSSR count). The van der Waals surface area contributed by atoms with Gasteiger partial charge in [-0.2, -0.15) is 0 Å². The van der Waals surface area contributed by atoms with E-state index in [1.54, 1.807) is 7.11 Å². The van der Waals surface area contributed by atoms with Gasteiger partial charge in [-0.25, -0.2) is 0 Å². The van der Waals surface area contributed by atoms with Crippen LogP contribution in [0.3, 0.4) is 0 Å². The van der Waals surface area contributed by atoms with E-state index in [2.05, 4.69) is 0 Å². The summed E-state index contributed by atoms with van der Waals surface area (Å²) >= 11 is 6.43. The average Bonchev–Trinajstić information content (AvgIpc) is 3.68. The smallest absolute Gasteiger partial charge is 0.255 e. The first-order chi connectivity index (χ1) is 15.5. The molecule has 0 bridgehead atoms.